The van der Waals surface area contributed by atoms with E-state index < -0.39 is 0 Å². The van der Waals surface area contributed by atoms with Gasteiger partial charge in [-0.25, -0.2) is 4.98 Å². The van der Waals surface area contributed by atoms with Crippen molar-refractivity contribution in [3.63, 3.8) is 0 Å². The van der Waals surface area contributed by atoms with Gasteiger partial charge >= 0.3 is 0 Å². The molecular weight excluding hydrogens is 328 g/mol. The Kier molecular flexibility index (Phi) is 3.31. The third-order valence-electron chi connectivity index (χ3n) is 4.38. The highest BCUT2D eigenvalue weighted by Gasteiger charge is 2.12. The number of rotatable bonds is 3. The van der Waals surface area contributed by atoms with Gasteiger partial charge in [-0.2, -0.15) is 5.10 Å². The van der Waals surface area contributed by atoms with Crippen LogP contribution >= 0.6 is 11.3 Å². The number of aromatic amines is 1. The van der Waals surface area contributed by atoms with Crippen molar-refractivity contribution in [1.29, 1.82) is 0 Å². The highest BCUT2D eigenvalue weighted by atomic mass is 32.1. The van der Waals surface area contributed by atoms with E-state index in [1.54, 1.807) is 11.3 Å². The molecule has 0 fully saturated rings. The van der Waals surface area contributed by atoms with Crippen LogP contribution < -0.4 is 0 Å². The molecule has 0 spiro atoms. The van der Waals surface area contributed by atoms with Crippen LogP contribution in [0.25, 0.3) is 32.4 Å². The van der Waals surface area contributed by atoms with Gasteiger partial charge in [0.15, 0.2) is 5.82 Å². The largest absolute Gasteiger partial charge is 0.259 e. The van der Waals surface area contributed by atoms with Crippen LogP contribution in [0.2, 0.25) is 0 Å². The summed E-state index contributed by atoms with van der Waals surface area (Å²) in [6, 6.07) is 18.9. The maximum Gasteiger partial charge on any atom is 0.155 e. The Morgan fingerprint density at radius 2 is 1.88 bits per heavy atom. The maximum absolute atomic E-state index is 4.99. The fraction of sp³-hybridized carbons (Fsp3) is 0.0500. The van der Waals surface area contributed by atoms with Crippen molar-refractivity contribution in [2.24, 2.45) is 0 Å². The molecule has 0 aliphatic heterocycles. The summed E-state index contributed by atoms with van der Waals surface area (Å²) < 4.78 is 1.29. The number of nitrogens with one attached hydrogen (secondary N) is 1. The molecule has 3 heterocycles. The minimum absolute atomic E-state index is 0.764. The second kappa shape index (κ2) is 5.79. The van der Waals surface area contributed by atoms with Gasteiger partial charge in [0.2, 0.25) is 0 Å². The lowest BCUT2D eigenvalue weighted by atomic mass is 10.0. The van der Waals surface area contributed by atoms with E-state index in [0.29, 0.717) is 0 Å². The molecule has 0 aliphatic rings. The van der Waals surface area contributed by atoms with Crippen molar-refractivity contribution in [2.45, 2.75) is 6.42 Å². The summed E-state index contributed by atoms with van der Waals surface area (Å²) in [5.74, 6) is 0.764. The topological polar surface area (TPSA) is 54.5 Å². The molecule has 0 saturated heterocycles. The molecule has 0 amide bonds. The third-order valence-corrected chi connectivity index (χ3v) is 5.32. The Labute approximate surface area is 148 Å². The van der Waals surface area contributed by atoms with Crippen molar-refractivity contribution < 1.29 is 0 Å². The fourth-order valence-electron chi connectivity index (χ4n) is 3.18. The van der Waals surface area contributed by atoms with Crippen LogP contribution in [0.4, 0.5) is 0 Å². The highest BCUT2D eigenvalue weighted by Crippen LogP contribution is 2.33. The number of hydrogen-bond acceptors (Lipinski definition) is 4. The lowest BCUT2D eigenvalue weighted by Gasteiger charge is -2.08. The second-order valence-electron chi connectivity index (χ2n) is 5.95. The maximum atomic E-state index is 4.99. The van der Waals surface area contributed by atoms with Gasteiger partial charge in [0, 0.05) is 27.5 Å². The monoisotopic (exact) mass is 342 g/mol. The fourth-order valence-corrected chi connectivity index (χ4v) is 4.14. The zero-order valence-corrected chi connectivity index (χ0v) is 14.1. The van der Waals surface area contributed by atoms with Crippen LogP contribution in [0.5, 0.6) is 0 Å². The number of fused-ring (bicyclic) bond motifs is 3. The van der Waals surface area contributed by atoms with E-state index in [-0.39, 0.29) is 0 Å². The summed E-state index contributed by atoms with van der Waals surface area (Å²) >= 11 is 1.77. The molecule has 0 radical (unpaired) electrons. The standard InChI is InChI=1S/C20H14N4S/c1-2-4-13(5-3-1)10-17-16-8-9-25-19(16)15-7-6-14(11-18(15)23-17)20-21-12-22-24-20/h1-9,11-12H,10H2,(H,21,22,24). The molecule has 120 valence electrons. The summed E-state index contributed by atoms with van der Waals surface area (Å²) in [6.07, 6.45) is 2.35. The van der Waals surface area contributed by atoms with Crippen LogP contribution in [0.3, 0.4) is 0 Å². The number of H-pyrrole nitrogens is 1. The van der Waals surface area contributed by atoms with E-state index in [0.717, 1.165) is 29.0 Å². The molecular formula is C20H14N4S. The molecule has 2 aromatic carbocycles. The van der Waals surface area contributed by atoms with E-state index >= 15 is 0 Å². The highest BCUT2D eigenvalue weighted by molar-refractivity contribution is 7.18. The number of thiophene rings is 1. The zero-order valence-electron chi connectivity index (χ0n) is 13.3. The van der Waals surface area contributed by atoms with Crippen LogP contribution in [0, 0.1) is 0 Å². The Bertz CT molecular complexity index is 1160. The van der Waals surface area contributed by atoms with Gasteiger partial charge in [0.1, 0.15) is 6.33 Å². The number of hydrogen-bond donors (Lipinski definition) is 1. The van der Waals surface area contributed by atoms with Gasteiger partial charge in [-0.05, 0) is 23.1 Å². The lowest BCUT2D eigenvalue weighted by Crippen LogP contribution is -1.94. The Morgan fingerprint density at radius 3 is 2.72 bits per heavy atom. The molecule has 0 unspecified atom stereocenters. The quantitative estimate of drug-likeness (QED) is 0.511. The predicted molar refractivity (Wildman–Crippen MR) is 102 cm³/mol. The molecule has 5 rings (SSSR count). The predicted octanol–water partition coefficient (Wildman–Crippen LogP) is 4.83. The summed E-state index contributed by atoms with van der Waals surface area (Å²) in [7, 11) is 0. The lowest BCUT2D eigenvalue weighted by molar-refractivity contribution is 1.09. The number of nitrogens with zero attached hydrogens (tertiary/aromatic N) is 3. The second-order valence-corrected chi connectivity index (χ2v) is 6.87. The first-order chi connectivity index (χ1) is 12.4. The van der Waals surface area contributed by atoms with Crippen molar-refractivity contribution in [2.75, 3.05) is 0 Å². The first-order valence-corrected chi connectivity index (χ1v) is 8.96. The van der Waals surface area contributed by atoms with Crippen molar-refractivity contribution in [1.82, 2.24) is 20.2 Å². The molecule has 0 saturated carbocycles. The van der Waals surface area contributed by atoms with Gasteiger partial charge in [-0.1, -0.05) is 42.5 Å². The van der Waals surface area contributed by atoms with E-state index in [4.69, 9.17) is 4.98 Å². The molecule has 4 nitrogen and oxygen atoms in total. The number of aromatic nitrogens is 4. The molecule has 3 aromatic heterocycles. The molecule has 5 aromatic rings. The smallest absolute Gasteiger partial charge is 0.155 e. The summed E-state index contributed by atoms with van der Waals surface area (Å²) in [5.41, 5.74) is 4.38. The third kappa shape index (κ3) is 2.49. The first kappa shape index (κ1) is 14.3. The van der Waals surface area contributed by atoms with E-state index in [1.807, 2.05) is 6.07 Å². The SMILES string of the molecule is c1ccc(Cc2nc3cc(-c4ncn[nH]4)ccc3c3sccc23)cc1. The average Bonchev–Trinajstić information content (AvgIpc) is 3.34. The molecule has 5 heteroatoms. The van der Waals surface area contributed by atoms with Crippen molar-refractivity contribution >= 4 is 32.3 Å². The van der Waals surface area contributed by atoms with Gasteiger partial charge < -0.3 is 0 Å². The van der Waals surface area contributed by atoms with E-state index in [1.165, 1.54) is 27.4 Å². The summed E-state index contributed by atoms with van der Waals surface area (Å²) in [4.78, 5) is 9.23. The number of pyridine rings is 1. The summed E-state index contributed by atoms with van der Waals surface area (Å²) in [6.45, 7) is 0. The molecule has 1 N–H and O–H groups in total. The first-order valence-electron chi connectivity index (χ1n) is 8.08. The molecule has 25 heavy (non-hydrogen) atoms. The summed E-state index contributed by atoms with van der Waals surface area (Å²) in [5, 5.41) is 11.4. The minimum atomic E-state index is 0.764. The molecule has 0 bridgehead atoms. The average molecular weight is 342 g/mol. The van der Waals surface area contributed by atoms with Gasteiger partial charge in [-0.15, -0.1) is 11.3 Å². The van der Waals surface area contributed by atoms with Crippen LogP contribution in [0.1, 0.15) is 11.3 Å². The Morgan fingerprint density at radius 1 is 0.960 bits per heavy atom. The molecule has 0 aliphatic carbocycles. The number of benzene rings is 2. The van der Waals surface area contributed by atoms with E-state index in [9.17, 15) is 0 Å². The van der Waals surface area contributed by atoms with Crippen LogP contribution in [-0.2, 0) is 6.42 Å². The Hall–Kier alpha value is -3.05. The van der Waals surface area contributed by atoms with E-state index in [2.05, 4.69) is 69.1 Å². The van der Waals surface area contributed by atoms with Crippen molar-refractivity contribution in [3.8, 4) is 11.4 Å². The van der Waals surface area contributed by atoms with Crippen molar-refractivity contribution in [3.05, 3.63) is 77.6 Å². The normalized spacial score (nSPS) is 11.4. The van der Waals surface area contributed by atoms with Crippen LogP contribution in [-0.4, -0.2) is 20.2 Å². The zero-order chi connectivity index (χ0) is 16.6. The molecule has 0 atom stereocenters. The van der Waals surface area contributed by atoms with Gasteiger partial charge in [0.05, 0.1) is 11.2 Å². The van der Waals surface area contributed by atoms with Gasteiger partial charge in [-0.3, -0.25) is 10.1 Å². The Balaban J connectivity index is 1.71. The van der Waals surface area contributed by atoms with Crippen LogP contribution in [0.15, 0.2) is 66.3 Å². The minimum Gasteiger partial charge on any atom is -0.259 e. The van der Waals surface area contributed by atoms with Gasteiger partial charge in [0.25, 0.3) is 0 Å².